The van der Waals surface area contributed by atoms with Gasteiger partial charge in [0.2, 0.25) is 0 Å². The number of esters is 1. The Balaban J connectivity index is 1.69. The summed E-state index contributed by atoms with van der Waals surface area (Å²) < 4.78 is 22.3. The molecule has 10 heteroatoms. The minimum Gasteiger partial charge on any atom is -0.497 e. The number of amides is 1. The predicted octanol–water partition coefficient (Wildman–Crippen LogP) is 5.19. The first-order valence-electron chi connectivity index (χ1n) is 11.5. The van der Waals surface area contributed by atoms with Crippen molar-refractivity contribution in [3.05, 3.63) is 88.0 Å². The van der Waals surface area contributed by atoms with Crippen LogP contribution in [0.25, 0.3) is 6.08 Å². The van der Waals surface area contributed by atoms with E-state index in [0.717, 1.165) is 5.56 Å². The molecule has 0 spiro atoms. The SMILES string of the molecule is COC(=O)CN1C(=S)N(c2ccc(OC)cc2)C(=O)/C1=C/c1cc(OC)c(OCc2ccccc2)cc1Br. The van der Waals surface area contributed by atoms with Crippen LogP contribution in [0.1, 0.15) is 11.1 Å². The number of methoxy groups -OCH3 is 3. The van der Waals surface area contributed by atoms with E-state index < -0.39 is 5.97 Å². The van der Waals surface area contributed by atoms with Crippen molar-refractivity contribution < 1.29 is 28.5 Å². The molecular formula is C28H25BrN2O6S. The van der Waals surface area contributed by atoms with Crippen LogP contribution in [0.15, 0.2) is 76.9 Å². The second-order valence-electron chi connectivity index (χ2n) is 8.11. The minimum atomic E-state index is -0.538. The molecule has 3 aromatic carbocycles. The highest BCUT2D eigenvalue weighted by Gasteiger charge is 2.40. The maximum atomic E-state index is 13.6. The van der Waals surface area contributed by atoms with E-state index in [-0.39, 0.29) is 23.3 Å². The van der Waals surface area contributed by atoms with Crippen molar-refractivity contribution >= 4 is 56.9 Å². The van der Waals surface area contributed by atoms with Crippen molar-refractivity contribution in [2.45, 2.75) is 6.61 Å². The number of hydrogen-bond acceptors (Lipinski definition) is 7. The Morgan fingerprint density at radius 3 is 2.32 bits per heavy atom. The molecular weight excluding hydrogens is 572 g/mol. The van der Waals surface area contributed by atoms with E-state index in [1.165, 1.54) is 16.9 Å². The van der Waals surface area contributed by atoms with Gasteiger partial charge in [0.05, 0.1) is 27.0 Å². The fraction of sp³-hybridized carbons (Fsp3) is 0.179. The van der Waals surface area contributed by atoms with Crippen LogP contribution in [0, 0.1) is 0 Å². The molecule has 0 radical (unpaired) electrons. The van der Waals surface area contributed by atoms with Crippen LogP contribution < -0.4 is 19.1 Å². The first-order valence-corrected chi connectivity index (χ1v) is 12.7. The number of ether oxygens (including phenoxy) is 4. The summed E-state index contributed by atoms with van der Waals surface area (Å²) in [5.41, 5.74) is 2.39. The van der Waals surface area contributed by atoms with Gasteiger partial charge in [0.25, 0.3) is 5.91 Å². The number of carbonyl (C=O) groups is 2. The predicted molar refractivity (Wildman–Crippen MR) is 151 cm³/mol. The molecule has 0 N–H and O–H groups in total. The molecule has 3 aromatic rings. The van der Waals surface area contributed by atoms with E-state index >= 15 is 0 Å². The maximum absolute atomic E-state index is 13.6. The smallest absolute Gasteiger partial charge is 0.325 e. The van der Waals surface area contributed by atoms with Crippen molar-refractivity contribution in [2.75, 3.05) is 32.8 Å². The van der Waals surface area contributed by atoms with Crippen LogP contribution >= 0.6 is 28.1 Å². The highest BCUT2D eigenvalue weighted by Crippen LogP contribution is 2.37. The minimum absolute atomic E-state index is 0.155. The molecule has 38 heavy (non-hydrogen) atoms. The molecule has 0 aromatic heterocycles. The molecule has 196 valence electrons. The lowest BCUT2D eigenvalue weighted by Gasteiger charge is -2.19. The van der Waals surface area contributed by atoms with E-state index in [0.29, 0.717) is 39.6 Å². The fourth-order valence-electron chi connectivity index (χ4n) is 3.80. The van der Waals surface area contributed by atoms with Gasteiger partial charge in [0, 0.05) is 4.47 Å². The molecule has 1 saturated heterocycles. The second kappa shape index (κ2) is 12.1. The van der Waals surface area contributed by atoms with Gasteiger partial charge in [-0.25, -0.2) is 0 Å². The third-order valence-electron chi connectivity index (χ3n) is 5.79. The topological polar surface area (TPSA) is 77.5 Å². The molecule has 1 aliphatic heterocycles. The van der Waals surface area contributed by atoms with Crippen molar-refractivity contribution in [1.82, 2.24) is 4.90 Å². The summed E-state index contributed by atoms with van der Waals surface area (Å²) in [4.78, 5) is 28.6. The fourth-order valence-corrected chi connectivity index (χ4v) is 4.59. The second-order valence-corrected chi connectivity index (χ2v) is 9.33. The lowest BCUT2D eigenvalue weighted by molar-refractivity contribution is -0.140. The van der Waals surface area contributed by atoms with E-state index in [2.05, 4.69) is 15.9 Å². The molecule has 1 amide bonds. The lowest BCUT2D eigenvalue weighted by atomic mass is 10.1. The van der Waals surface area contributed by atoms with E-state index in [4.69, 9.17) is 31.2 Å². The summed E-state index contributed by atoms with van der Waals surface area (Å²) in [7, 11) is 4.38. The first kappa shape index (κ1) is 27.2. The van der Waals surface area contributed by atoms with Crippen LogP contribution in [-0.4, -0.2) is 49.8 Å². The van der Waals surface area contributed by atoms with Crippen LogP contribution in [-0.2, 0) is 20.9 Å². The van der Waals surface area contributed by atoms with Crippen LogP contribution in [0.2, 0.25) is 0 Å². The Kier molecular flexibility index (Phi) is 8.65. The maximum Gasteiger partial charge on any atom is 0.325 e. The molecule has 1 heterocycles. The van der Waals surface area contributed by atoms with Crippen molar-refractivity contribution in [3.8, 4) is 17.2 Å². The quantitative estimate of drug-likeness (QED) is 0.190. The Bertz CT molecular complexity index is 1380. The summed E-state index contributed by atoms with van der Waals surface area (Å²) in [6.07, 6.45) is 1.65. The molecule has 1 fully saturated rings. The first-order chi connectivity index (χ1) is 18.4. The number of carbonyl (C=O) groups excluding carboxylic acids is 2. The molecule has 0 bridgehead atoms. The average molecular weight is 597 g/mol. The molecule has 8 nitrogen and oxygen atoms in total. The van der Waals surface area contributed by atoms with E-state index in [1.54, 1.807) is 56.7 Å². The highest BCUT2D eigenvalue weighted by atomic mass is 79.9. The van der Waals surface area contributed by atoms with Crippen LogP contribution in [0.3, 0.4) is 0 Å². The zero-order valence-corrected chi connectivity index (χ0v) is 23.4. The highest BCUT2D eigenvalue weighted by molar-refractivity contribution is 9.10. The van der Waals surface area contributed by atoms with Gasteiger partial charge < -0.3 is 23.8 Å². The Hall–Kier alpha value is -3.89. The summed E-state index contributed by atoms with van der Waals surface area (Å²) in [6, 6.07) is 20.2. The average Bonchev–Trinajstić information content (AvgIpc) is 3.17. The summed E-state index contributed by atoms with van der Waals surface area (Å²) in [6.45, 7) is 0.132. The van der Waals surface area contributed by atoms with Crippen LogP contribution in [0.5, 0.6) is 17.2 Å². The number of benzene rings is 3. The number of anilines is 1. The van der Waals surface area contributed by atoms with Crippen molar-refractivity contribution in [2.24, 2.45) is 0 Å². The van der Waals surface area contributed by atoms with Crippen LogP contribution in [0.4, 0.5) is 5.69 Å². The molecule has 1 aliphatic rings. The Morgan fingerprint density at radius 1 is 0.974 bits per heavy atom. The van der Waals surface area contributed by atoms with Crippen molar-refractivity contribution in [3.63, 3.8) is 0 Å². The Morgan fingerprint density at radius 2 is 1.68 bits per heavy atom. The Labute approximate surface area is 234 Å². The number of hydrogen-bond donors (Lipinski definition) is 0. The monoisotopic (exact) mass is 596 g/mol. The van der Waals surface area contributed by atoms with Gasteiger partial charge in [0.1, 0.15) is 24.6 Å². The van der Waals surface area contributed by atoms with Gasteiger partial charge in [-0.3, -0.25) is 14.5 Å². The zero-order valence-electron chi connectivity index (χ0n) is 21.0. The molecule has 0 aliphatic carbocycles. The molecule has 0 unspecified atom stereocenters. The summed E-state index contributed by atoms with van der Waals surface area (Å²) in [5.74, 6) is 0.725. The lowest BCUT2D eigenvalue weighted by Crippen LogP contribution is -2.35. The van der Waals surface area contributed by atoms with Gasteiger partial charge in [-0.15, -0.1) is 0 Å². The summed E-state index contributed by atoms with van der Waals surface area (Å²) >= 11 is 9.20. The third kappa shape index (κ3) is 5.81. The van der Waals surface area contributed by atoms with Gasteiger partial charge in [-0.05, 0) is 65.8 Å². The van der Waals surface area contributed by atoms with Gasteiger partial charge >= 0.3 is 5.97 Å². The standard InChI is InChI=1S/C28H25BrN2O6S/c1-34-21-11-9-20(10-12-21)31-27(33)23(30(28(31)38)16-26(32)36-3)13-19-14-24(35-2)25(15-22(19)29)37-17-18-7-5-4-6-8-18/h4-15H,16-17H2,1-3H3/b23-13-. The number of thiocarbonyl (C=S) groups is 1. The van der Waals surface area contributed by atoms with Gasteiger partial charge in [-0.2, -0.15) is 0 Å². The zero-order chi connectivity index (χ0) is 27.2. The molecule has 0 saturated carbocycles. The van der Waals surface area contributed by atoms with Gasteiger partial charge in [-0.1, -0.05) is 46.3 Å². The number of nitrogens with zero attached hydrogens (tertiary/aromatic N) is 2. The largest absolute Gasteiger partial charge is 0.497 e. The van der Waals surface area contributed by atoms with E-state index in [1.807, 2.05) is 30.3 Å². The summed E-state index contributed by atoms with van der Waals surface area (Å²) in [5, 5.41) is 0.155. The van der Waals surface area contributed by atoms with Gasteiger partial charge in [0.15, 0.2) is 16.6 Å². The normalized spacial score (nSPS) is 14.2. The molecule has 0 atom stereocenters. The molecule has 4 rings (SSSR count). The van der Waals surface area contributed by atoms with E-state index in [9.17, 15) is 9.59 Å². The number of rotatable bonds is 9. The van der Waals surface area contributed by atoms with Crippen molar-refractivity contribution in [1.29, 1.82) is 0 Å². The third-order valence-corrected chi connectivity index (χ3v) is 6.88. The number of halogens is 1.